The van der Waals surface area contributed by atoms with Gasteiger partial charge >= 0.3 is 0 Å². The highest BCUT2D eigenvalue weighted by molar-refractivity contribution is 7.89. The zero-order valence-corrected chi connectivity index (χ0v) is 19.2. The summed E-state index contributed by atoms with van der Waals surface area (Å²) < 4.78 is 27.4. The van der Waals surface area contributed by atoms with Crippen LogP contribution in [0.3, 0.4) is 0 Å². The number of carbonyl (C=O) groups is 2. The minimum absolute atomic E-state index is 0.103. The molecular weight excluding hydrogens is 426 g/mol. The summed E-state index contributed by atoms with van der Waals surface area (Å²) in [4.78, 5) is 24.7. The second-order valence-electron chi connectivity index (χ2n) is 7.90. The fourth-order valence-electron chi connectivity index (χ4n) is 3.49. The van der Waals surface area contributed by atoms with Crippen LogP contribution in [0.4, 0.5) is 0 Å². The van der Waals surface area contributed by atoms with Crippen molar-refractivity contribution in [3.63, 3.8) is 0 Å². The number of halogens is 1. The molecule has 30 heavy (non-hydrogen) atoms. The summed E-state index contributed by atoms with van der Waals surface area (Å²) in [6.45, 7) is 4.70. The molecule has 0 heterocycles. The van der Waals surface area contributed by atoms with Crippen LogP contribution in [0.25, 0.3) is 0 Å². The Bertz CT molecular complexity index is 806. The average molecular weight is 458 g/mol. The molecule has 0 unspecified atom stereocenters. The maximum absolute atomic E-state index is 12.5. The van der Waals surface area contributed by atoms with E-state index in [1.54, 1.807) is 19.1 Å². The van der Waals surface area contributed by atoms with Gasteiger partial charge in [0.2, 0.25) is 21.8 Å². The lowest BCUT2D eigenvalue weighted by atomic mass is 9.81. The van der Waals surface area contributed by atoms with Crippen LogP contribution in [0, 0.1) is 11.8 Å². The second kappa shape index (κ2) is 11.7. The third-order valence-electron chi connectivity index (χ3n) is 5.49. The molecule has 1 aliphatic carbocycles. The molecule has 7 nitrogen and oxygen atoms in total. The van der Waals surface area contributed by atoms with E-state index in [0.29, 0.717) is 31.0 Å². The Balaban J connectivity index is 1.74. The summed E-state index contributed by atoms with van der Waals surface area (Å²) in [6, 6.07) is 5.49. The molecule has 1 saturated carbocycles. The molecule has 1 atom stereocenters. The molecule has 2 amide bonds. The maximum Gasteiger partial charge on any atom is 0.242 e. The molecule has 3 N–H and O–H groups in total. The van der Waals surface area contributed by atoms with Gasteiger partial charge in [-0.2, -0.15) is 0 Å². The van der Waals surface area contributed by atoms with Crippen LogP contribution in [0.1, 0.15) is 52.4 Å². The maximum atomic E-state index is 12.5. The number of rotatable bonds is 10. The number of carbonyl (C=O) groups excluding carboxylic acids is 2. The molecular formula is C21H32ClN3O4S. The summed E-state index contributed by atoms with van der Waals surface area (Å²) in [7, 11) is -3.57. The molecule has 168 valence electrons. The molecule has 1 aromatic rings. The molecule has 0 bridgehead atoms. The van der Waals surface area contributed by atoms with Gasteiger partial charge in [0.15, 0.2) is 0 Å². The van der Waals surface area contributed by atoms with Crippen LogP contribution in [0.5, 0.6) is 0 Å². The minimum atomic E-state index is -3.57. The molecule has 9 heteroatoms. The number of hydrogen-bond donors (Lipinski definition) is 3. The second-order valence-corrected chi connectivity index (χ2v) is 10.1. The number of unbranched alkanes of at least 4 members (excludes halogenated alkanes) is 1. The molecule has 2 rings (SSSR count). The molecule has 1 aromatic carbocycles. The van der Waals surface area contributed by atoms with Gasteiger partial charge < -0.3 is 10.6 Å². The summed E-state index contributed by atoms with van der Waals surface area (Å²) in [6.07, 6.45) is 4.81. The van der Waals surface area contributed by atoms with Gasteiger partial charge in [-0.3, -0.25) is 9.59 Å². The highest BCUT2D eigenvalue weighted by Gasteiger charge is 2.28. The van der Waals surface area contributed by atoms with Crippen molar-refractivity contribution in [2.24, 2.45) is 11.8 Å². The van der Waals surface area contributed by atoms with Crippen LogP contribution in [-0.2, 0) is 19.6 Å². The Morgan fingerprint density at radius 3 is 2.37 bits per heavy atom. The van der Waals surface area contributed by atoms with Crippen LogP contribution < -0.4 is 15.4 Å². The lowest BCUT2D eigenvalue weighted by Gasteiger charge is -2.28. The lowest BCUT2D eigenvalue weighted by molar-refractivity contribution is -0.131. The Labute approximate surface area is 184 Å². The van der Waals surface area contributed by atoms with Crippen molar-refractivity contribution >= 4 is 33.4 Å². The van der Waals surface area contributed by atoms with E-state index in [1.165, 1.54) is 12.1 Å². The molecule has 0 aliphatic heterocycles. The molecule has 1 aliphatic rings. The highest BCUT2D eigenvalue weighted by Crippen LogP contribution is 2.29. The van der Waals surface area contributed by atoms with E-state index in [4.69, 9.17) is 11.6 Å². The van der Waals surface area contributed by atoms with E-state index in [2.05, 4.69) is 22.3 Å². The van der Waals surface area contributed by atoms with Crippen molar-refractivity contribution in [1.82, 2.24) is 15.4 Å². The smallest absolute Gasteiger partial charge is 0.242 e. The Morgan fingerprint density at radius 2 is 1.77 bits per heavy atom. The van der Waals surface area contributed by atoms with Gasteiger partial charge in [0.25, 0.3) is 0 Å². The van der Waals surface area contributed by atoms with Crippen LogP contribution in [-0.4, -0.2) is 39.4 Å². The lowest BCUT2D eigenvalue weighted by Crippen LogP contribution is -2.47. The van der Waals surface area contributed by atoms with E-state index < -0.39 is 16.1 Å². The van der Waals surface area contributed by atoms with Gasteiger partial charge in [-0.05, 0) is 69.2 Å². The number of hydrogen-bond acceptors (Lipinski definition) is 4. The Morgan fingerprint density at radius 1 is 1.13 bits per heavy atom. The first-order valence-electron chi connectivity index (χ1n) is 10.6. The van der Waals surface area contributed by atoms with Crippen molar-refractivity contribution < 1.29 is 18.0 Å². The van der Waals surface area contributed by atoms with Crippen molar-refractivity contribution in [3.05, 3.63) is 29.3 Å². The molecule has 0 aromatic heterocycles. The number of nitrogens with one attached hydrogen (secondary N) is 3. The molecule has 0 saturated heterocycles. The minimum Gasteiger partial charge on any atom is -0.354 e. The van der Waals surface area contributed by atoms with Crippen LogP contribution >= 0.6 is 11.6 Å². The predicted octanol–water partition coefficient (Wildman–Crippen LogP) is 2.85. The topological polar surface area (TPSA) is 104 Å². The summed E-state index contributed by atoms with van der Waals surface area (Å²) in [5.41, 5.74) is 0. The third-order valence-corrected chi connectivity index (χ3v) is 7.18. The number of amides is 2. The van der Waals surface area contributed by atoms with E-state index in [1.807, 2.05) is 0 Å². The quantitative estimate of drug-likeness (QED) is 0.470. The first-order valence-corrected chi connectivity index (χ1v) is 12.4. The van der Waals surface area contributed by atoms with Crippen molar-refractivity contribution in [2.45, 2.75) is 63.3 Å². The van der Waals surface area contributed by atoms with Crippen LogP contribution in [0.15, 0.2) is 29.2 Å². The number of benzene rings is 1. The molecule has 0 spiro atoms. The van der Waals surface area contributed by atoms with Crippen LogP contribution in [0.2, 0.25) is 5.02 Å². The summed E-state index contributed by atoms with van der Waals surface area (Å²) in [5.74, 6) is -0.221. The monoisotopic (exact) mass is 457 g/mol. The van der Waals surface area contributed by atoms with E-state index in [9.17, 15) is 18.0 Å². The van der Waals surface area contributed by atoms with Crippen molar-refractivity contribution in [1.29, 1.82) is 0 Å². The molecule has 0 radical (unpaired) electrons. The standard InChI is InChI=1S/C21H32ClN3O4S/c1-3-4-13-23-20(26)15(2)25-21(27)17-7-5-16(6-8-17)14-24-30(28,29)19-11-9-18(22)10-12-19/h9-12,15-17,24H,3-8,13-14H2,1-2H3,(H,23,26)(H,25,27)/t15-,16?,17?/m1/s1. The fraction of sp³-hybridized carbons (Fsp3) is 0.619. The van der Waals surface area contributed by atoms with Crippen molar-refractivity contribution in [2.75, 3.05) is 13.1 Å². The number of sulfonamides is 1. The summed E-state index contributed by atoms with van der Waals surface area (Å²) >= 11 is 5.81. The predicted molar refractivity (Wildman–Crippen MR) is 118 cm³/mol. The first-order chi connectivity index (χ1) is 14.2. The van der Waals surface area contributed by atoms with Gasteiger partial charge in [-0.15, -0.1) is 0 Å². The average Bonchev–Trinajstić information content (AvgIpc) is 2.73. The third kappa shape index (κ3) is 7.56. The summed E-state index contributed by atoms with van der Waals surface area (Å²) in [5, 5.41) is 6.10. The Kier molecular flexibility index (Phi) is 9.58. The van der Waals surface area contributed by atoms with Gasteiger partial charge in [0.05, 0.1) is 4.90 Å². The normalized spacial score (nSPS) is 20.4. The zero-order valence-electron chi connectivity index (χ0n) is 17.6. The van der Waals surface area contributed by atoms with Crippen molar-refractivity contribution in [3.8, 4) is 0 Å². The Hall–Kier alpha value is -1.64. The van der Waals surface area contributed by atoms with E-state index >= 15 is 0 Å². The van der Waals surface area contributed by atoms with Gasteiger partial charge in [0, 0.05) is 24.0 Å². The zero-order chi connectivity index (χ0) is 22.1. The fourth-order valence-corrected chi connectivity index (χ4v) is 4.73. The highest BCUT2D eigenvalue weighted by atomic mass is 35.5. The first kappa shape index (κ1) is 24.6. The van der Waals surface area contributed by atoms with Gasteiger partial charge in [0.1, 0.15) is 6.04 Å². The van der Waals surface area contributed by atoms with Gasteiger partial charge in [-0.1, -0.05) is 24.9 Å². The largest absolute Gasteiger partial charge is 0.354 e. The van der Waals surface area contributed by atoms with E-state index in [0.717, 1.165) is 25.7 Å². The van der Waals surface area contributed by atoms with Gasteiger partial charge in [-0.25, -0.2) is 13.1 Å². The molecule has 1 fully saturated rings. The SMILES string of the molecule is CCCCNC(=O)[C@@H](C)NC(=O)C1CCC(CNS(=O)(=O)c2ccc(Cl)cc2)CC1. The van der Waals surface area contributed by atoms with E-state index in [-0.39, 0.29) is 28.5 Å².